The van der Waals surface area contributed by atoms with Gasteiger partial charge in [-0.1, -0.05) is 22.9 Å². The zero-order chi connectivity index (χ0) is 14.7. The van der Waals surface area contributed by atoms with Crippen LogP contribution in [-0.2, 0) is 0 Å². The fourth-order valence-corrected chi connectivity index (χ4v) is 3.58. The molecule has 1 aromatic carbocycles. The number of halogens is 2. The molecule has 0 spiro atoms. The molecule has 2 aromatic rings. The molecule has 0 aliphatic carbocycles. The first-order valence-electron chi connectivity index (χ1n) is 6.65. The zero-order valence-corrected chi connectivity index (χ0v) is 14.2. The quantitative estimate of drug-likeness (QED) is 0.835. The molecule has 0 bridgehead atoms. The fraction of sp³-hybridized carbons (Fsp3) is 0.400. The molecule has 1 unspecified atom stereocenters. The van der Waals surface area contributed by atoms with Gasteiger partial charge >= 0.3 is 0 Å². The summed E-state index contributed by atoms with van der Waals surface area (Å²) >= 11 is 5.05. The van der Waals surface area contributed by atoms with E-state index >= 15 is 0 Å². The van der Waals surface area contributed by atoms with Crippen LogP contribution in [0.15, 0.2) is 22.7 Å². The Bertz CT molecular complexity index is 598. The summed E-state index contributed by atoms with van der Waals surface area (Å²) in [6.45, 7) is 6.91. The second-order valence-corrected chi connectivity index (χ2v) is 6.89. The van der Waals surface area contributed by atoms with E-state index in [9.17, 15) is 4.39 Å². The highest BCUT2D eigenvalue weighted by atomic mass is 79.9. The number of hydrogen-bond donors (Lipinski definition) is 1. The average molecular weight is 357 g/mol. The Hall–Kier alpha value is -0.780. The van der Waals surface area contributed by atoms with Gasteiger partial charge in [0.1, 0.15) is 5.82 Å². The normalized spacial score (nSPS) is 12.7. The monoisotopic (exact) mass is 356 g/mol. The van der Waals surface area contributed by atoms with Crippen LogP contribution in [0.5, 0.6) is 0 Å². The Morgan fingerprint density at radius 1 is 1.40 bits per heavy atom. The minimum absolute atomic E-state index is 0.140. The third-order valence-corrected chi connectivity index (χ3v) is 4.70. The van der Waals surface area contributed by atoms with Gasteiger partial charge in [-0.25, -0.2) is 9.37 Å². The number of aromatic nitrogens is 1. The molecular weight excluding hydrogens is 339 g/mol. The van der Waals surface area contributed by atoms with Crippen molar-refractivity contribution >= 4 is 27.3 Å². The summed E-state index contributed by atoms with van der Waals surface area (Å²) < 4.78 is 15.1. The predicted molar refractivity (Wildman–Crippen MR) is 85.8 cm³/mol. The van der Waals surface area contributed by atoms with Crippen LogP contribution in [0.1, 0.15) is 40.5 Å². The lowest BCUT2D eigenvalue weighted by Gasteiger charge is -2.19. The molecule has 0 fully saturated rings. The van der Waals surface area contributed by atoms with Crippen molar-refractivity contribution in [3.63, 3.8) is 0 Å². The van der Waals surface area contributed by atoms with Crippen molar-refractivity contribution in [2.24, 2.45) is 0 Å². The first-order chi connectivity index (χ1) is 9.52. The number of benzene rings is 1. The Morgan fingerprint density at radius 2 is 2.15 bits per heavy atom. The molecule has 2 rings (SSSR count). The summed E-state index contributed by atoms with van der Waals surface area (Å²) in [4.78, 5) is 5.55. The number of thiazole rings is 1. The SMILES string of the molecule is CCCNC(c1cc(Br)ccc1F)c1sc(C)nc1C. The molecule has 1 N–H and O–H groups in total. The Labute approximate surface area is 131 Å². The molecule has 0 radical (unpaired) electrons. The van der Waals surface area contributed by atoms with E-state index in [0.717, 1.165) is 33.0 Å². The Balaban J connectivity index is 2.46. The van der Waals surface area contributed by atoms with Gasteiger partial charge in [-0.15, -0.1) is 11.3 Å². The third-order valence-electron chi connectivity index (χ3n) is 3.07. The van der Waals surface area contributed by atoms with Crippen LogP contribution >= 0.6 is 27.3 Å². The van der Waals surface area contributed by atoms with Gasteiger partial charge in [0.2, 0.25) is 0 Å². The molecule has 0 saturated carbocycles. The second-order valence-electron chi connectivity index (χ2n) is 4.74. The summed E-state index contributed by atoms with van der Waals surface area (Å²) in [7, 11) is 0. The van der Waals surface area contributed by atoms with Gasteiger partial charge in [0.15, 0.2) is 0 Å². The van der Waals surface area contributed by atoms with Crippen molar-refractivity contribution in [2.45, 2.75) is 33.2 Å². The van der Waals surface area contributed by atoms with Crippen molar-refractivity contribution < 1.29 is 4.39 Å². The third kappa shape index (κ3) is 3.45. The molecular formula is C15H18BrFN2S. The Morgan fingerprint density at radius 3 is 2.75 bits per heavy atom. The van der Waals surface area contributed by atoms with Crippen molar-refractivity contribution in [1.29, 1.82) is 0 Å². The minimum Gasteiger partial charge on any atom is -0.305 e. The number of aryl methyl sites for hydroxylation is 2. The number of rotatable bonds is 5. The summed E-state index contributed by atoms with van der Waals surface area (Å²) in [6, 6.07) is 4.93. The Kier molecular flexibility index (Phi) is 5.29. The highest BCUT2D eigenvalue weighted by molar-refractivity contribution is 9.10. The van der Waals surface area contributed by atoms with Crippen LogP contribution < -0.4 is 5.32 Å². The standard InChI is InChI=1S/C15H18BrFN2S/c1-4-7-18-14(15-9(2)19-10(3)20-15)12-8-11(16)5-6-13(12)17/h5-6,8,14,18H,4,7H2,1-3H3. The second kappa shape index (κ2) is 6.78. The molecule has 1 aromatic heterocycles. The smallest absolute Gasteiger partial charge is 0.128 e. The number of nitrogens with zero attached hydrogens (tertiary/aromatic N) is 1. The number of hydrogen-bond acceptors (Lipinski definition) is 3. The molecule has 1 atom stereocenters. The van der Waals surface area contributed by atoms with Crippen LogP contribution in [0.3, 0.4) is 0 Å². The van der Waals surface area contributed by atoms with Gasteiger partial charge in [-0.05, 0) is 45.0 Å². The van der Waals surface area contributed by atoms with Crippen molar-refractivity contribution in [1.82, 2.24) is 10.3 Å². The molecule has 5 heteroatoms. The summed E-state index contributed by atoms with van der Waals surface area (Å²) in [5, 5.41) is 4.44. The molecule has 0 aliphatic heterocycles. The van der Waals surface area contributed by atoms with E-state index < -0.39 is 0 Å². The van der Waals surface area contributed by atoms with Gasteiger partial charge in [0.25, 0.3) is 0 Å². The lowest BCUT2D eigenvalue weighted by atomic mass is 10.0. The minimum atomic E-state index is -0.188. The van der Waals surface area contributed by atoms with Gasteiger partial charge < -0.3 is 5.32 Å². The summed E-state index contributed by atoms with van der Waals surface area (Å²) in [5.74, 6) is -0.188. The van der Waals surface area contributed by atoms with E-state index in [1.807, 2.05) is 19.9 Å². The van der Waals surface area contributed by atoms with Crippen LogP contribution in [-0.4, -0.2) is 11.5 Å². The van der Waals surface area contributed by atoms with Crippen molar-refractivity contribution in [2.75, 3.05) is 6.54 Å². The van der Waals surface area contributed by atoms with Crippen LogP contribution in [0.25, 0.3) is 0 Å². The average Bonchev–Trinajstić information content (AvgIpc) is 2.73. The summed E-state index contributed by atoms with van der Waals surface area (Å²) in [6.07, 6.45) is 1.00. The predicted octanol–water partition coefficient (Wildman–Crippen LogP) is 4.75. The van der Waals surface area contributed by atoms with Crippen molar-refractivity contribution in [3.05, 3.63) is 49.6 Å². The van der Waals surface area contributed by atoms with Gasteiger partial charge in [0.05, 0.1) is 16.7 Å². The van der Waals surface area contributed by atoms with Gasteiger partial charge in [0, 0.05) is 14.9 Å². The highest BCUT2D eigenvalue weighted by Gasteiger charge is 2.22. The molecule has 0 saturated heterocycles. The van der Waals surface area contributed by atoms with Crippen LogP contribution in [0, 0.1) is 19.7 Å². The highest BCUT2D eigenvalue weighted by Crippen LogP contribution is 2.32. The maximum atomic E-state index is 14.2. The first kappa shape index (κ1) is 15.6. The molecule has 108 valence electrons. The van der Waals surface area contributed by atoms with Crippen LogP contribution in [0.2, 0.25) is 0 Å². The molecule has 1 heterocycles. The van der Waals surface area contributed by atoms with Gasteiger partial charge in [-0.3, -0.25) is 0 Å². The van der Waals surface area contributed by atoms with E-state index in [4.69, 9.17) is 0 Å². The maximum Gasteiger partial charge on any atom is 0.128 e. The van der Waals surface area contributed by atoms with E-state index in [2.05, 4.69) is 33.2 Å². The number of nitrogens with one attached hydrogen (secondary N) is 1. The topological polar surface area (TPSA) is 24.9 Å². The van der Waals surface area contributed by atoms with Gasteiger partial charge in [-0.2, -0.15) is 0 Å². The molecule has 2 nitrogen and oxygen atoms in total. The molecule has 0 amide bonds. The summed E-state index contributed by atoms with van der Waals surface area (Å²) in [5.41, 5.74) is 1.64. The van der Waals surface area contributed by atoms with Crippen molar-refractivity contribution in [3.8, 4) is 0 Å². The zero-order valence-electron chi connectivity index (χ0n) is 11.8. The van der Waals surface area contributed by atoms with E-state index in [1.165, 1.54) is 6.07 Å². The van der Waals surface area contributed by atoms with E-state index in [1.54, 1.807) is 17.4 Å². The lowest BCUT2D eigenvalue weighted by Crippen LogP contribution is -2.24. The first-order valence-corrected chi connectivity index (χ1v) is 8.26. The largest absolute Gasteiger partial charge is 0.305 e. The molecule has 0 aliphatic rings. The van der Waals surface area contributed by atoms with E-state index in [-0.39, 0.29) is 11.9 Å². The fourth-order valence-electron chi connectivity index (χ4n) is 2.18. The van der Waals surface area contributed by atoms with Crippen LogP contribution in [0.4, 0.5) is 4.39 Å². The van der Waals surface area contributed by atoms with E-state index in [0.29, 0.717) is 5.56 Å². The lowest BCUT2D eigenvalue weighted by molar-refractivity contribution is 0.549. The maximum absolute atomic E-state index is 14.2. The molecule has 20 heavy (non-hydrogen) atoms.